The highest BCUT2D eigenvalue weighted by Gasteiger charge is 1.94. The third-order valence-corrected chi connectivity index (χ3v) is 2.41. The van der Waals surface area contributed by atoms with Gasteiger partial charge in [-0.05, 0) is 25.8 Å². The molecule has 1 aromatic rings. The highest BCUT2D eigenvalue weighted by molar-refractivity contribution is 6.17. The minimum absolute atomic E-state index is 0.776. The standard InChI is InChI=1S/C11H18ClN3/c1-10-13-9-6-11(15-10)14-8-5-3-2-4-7-12/h6,9H,2-5,7-8H2,1H3,(H,13,14,15). The van der Waals surface area contributed by atoms with Gasteiger partial charge in [0.1, 0.15) is 11.6 Å². The van der Waals surface area contributed by atoms with Crippen LogP contribution in [0.1, 0.15) is 31.5 Å². The fraction of sp³-hybridized carbons (Fsp3) is 0.636. The summed E-state index contributed by atoms with van der Waals surface area (Å²) in [7, 11) is 0. The molecule has 0 saturated carbocycles. The first kappa shape index (κ1) is 12.2. The second-order valence-corrected chi connectivity index (χ2v) is 3.90. The Bertz CT molecular complexity index is 278. The molecule has 0 amide bonds. The molecule has 0 fully saturated rings. The second-order valence-electron chi connectivity index (χ2n) is 3.52. The number of hydrogen-bond donors (Lipinski definition) is 1. The molecule has 1 aromatic heterocycles. The van der Waals surface area contributed by atoms with E-state index in [0.29, 0.717) is 0 Å². The molecule has 1 N–H and O–H groups in total. The minimum atomic E-state index is 0.776. The van der Waals surface area contributed by atoms with E-state index < -0.39 is 0 Å². The Balaban J connectivity index is 2.10. The average molecular weight is 228 g/mol. The van der Waals surface area contributed by atoms with Gasteiger partial charge in [0.25, 0.3) is 0 Å². The van der Waals surface area contributed by atoms with Gasteiger partial charge in [-0.3, -0.25) is 0 Å². The number of halogens is 1. The van der Waals surface area contributed by atoms with Gasteiger partial charge in [0, 0.05) is 18.6 Å². The zero-order chi connectivity index (χ0) is 10.9. The molecule has 0 radical (unpaired) electrons. The molecule has 84 valence electrons. The van der Waals surface area contributed by atoms with Crippen LogP contribution in [-0.2, 0) is 0 Å². The van der Waals surface area contributed by atoms with Crippen molar-refractivity contribution in [2.45, 2.75) is 32.6 Å². The minimum Gasteiger partial charge on any atom is -0.370 e. The zero-order valence-corrected chi connectivity index (χ0v) is 9.93. The maximum Gasteiger partial charge on any atom is 0.129 e. The number of hydrogen-bond acceptors (Lipinski definition) is 3. The first-order valence-electron chi connectivity index (χ1n) is 5.42. The smallest absolute Gasteiger partial charge is 0.129 e. The summed E-state index contributed by atoms with van der Waals surface area (Å²) in [6.45, 7) is 2.87. The van der Waals surface area contributed by atoms with Gasteiger partial charge in [-0.1, -0.05) is 12.8 Å². The van der Waals surface area contributed by atoms with Gasteiger partial charge in [0.2, 0.25) is 0 Å². The summed E-state index contributed by atoms with van der Waals surface area (Å²) in [5.74, 6) is 2.50. The molecule has 0 bridgehead atoms. The van der Waals surface area contributed by atoms with E-state index in [2.05, 4.69) is 15.3 Å². The Morgan fingerprint density at radius 3 is 2.80 bits per heavy atom. The lowest BCUT2D eigenvalue weighted by molar-refractivity contribution is 0.686. The summed E-state index contributed by atoms with van der Waals surface area (Å²) in [5, 5.41) is 3.28. The van der Waals surface area contributed by atoms with E-state index in [1.165, 1.54) is 19.3 Å². The van der Waals surface area contributed by atoms with E-state index >= 15 is 0 Å². The fourth-order valence-electron chi connectivity index (χ4n) is 1.34. The number of aromatic nitrogens is 2. The number of rotatable bonds is 7. The number of alkyl halides is 1. The molecule has 0 unspecified atom stereocenters. The van der Waals surface area contributed by atoms with Crippen molar-refractivity contribution in [1.82, 2.24) is 9.97 Å². The van der Waals surface area contributed by atoms with E-state index in [0.717, 1.165) is 30.5 Å². The van der Waals surface area contributed by atoms with Crippen molar-refractivity contribution in [2.75, 3.05) is 17.7 Å². The summed E-state index contributed by atoms with van der Waals surface area (Å²) >= 11 is 5.60. The third-order valence-electron chi connectivity index (χ3n) is 2.14. The fourth-order valence-corrected chi connectivity index (χ4v) is 1.53. The van der Waals surface area contributed by atoms with Crippen molar-refractivity contribution in [3.05, 3.63) is 18.1 Å². The zero-order valence-electron chi connectivity index (χ0n) is 9.17. The van der Waals surface area contributed by atoms with Crippen LogP contribution in [0.15, 0.2) is 12.3 Å². The van der Waals surface area contributed by atoms with Gasteiger partial charge >= 0.3 is 0 Å². The Morgan fingerprint density at radius 1 is 1.27 bits per heavy atom. The summed E-state index contributed by atoms with van der Waals surface area (Å²) in [6.07, 6.45) is 6.50. The highest BCUT2D eigenvalue weighted by Crippen LogP contribution is 2.04. The van der Waals surface area contributed by atoms with Gasteiger partial charge in [-0.15, -0.1) is 11.6 Å². The largest absolute Gasteiger partial charge is 0.370 e. The molecular formula is C11H18ClN3. The Hall–Kier alpha value is -0.830. The Kier molecular flexibility index (Phi) is 6.09. The molecule has 4 heteroatoms. The normalized spacial score (nSPS) is 10.3. The first-order chi connectivity index (χ1) is 7.33. The van der Waals surface area contributed by atoms with Crippen LogP contribution in [0.2, 0.25) is 0 Å². The van der Waals surface area contributed by atoms with Crippen LogP contribution < -0.4 is 5.32 Å². The van der Waals surface area contributed by atoms with E-state index in [-0.39, 0.29) is 0 Å². The maximum atomic E-state index is 5.60. The highest BCUT2D eigenvalue weighted by atomic mass is 35.5. The Morgan fingerprint density at radius 2 is 2.07 bits per heavy atom. The summed E-state index contributed by atoms with van der Waals surface area (Å²) in [4.78, 5) is 8.31. The van der Waals surface area contributed by atoms with Crippen LogP contribution >= 0.6 is 11.6 Å². The predicted molar refractivity (Wildman–Crippen MR) is 64.4 cm³/mol. The van der Waals surface area contributed by atoms with Gasteiger partial charge < -0.3 is 5.32 Å². The topological polar surface area (TPSA) is 37.8 Å². The van der Waals surface area contributed by atoms with Crippen LogP contribution in [-0.4, -0.2) is 22.4 Å². The van der Waals surface area contributed by atoms with Crippen LogP contribution in [0.4, 0.5) is 5.82 Å². The van der Waals surface area contributed by atoms with Crippen molar-refractivity contribution in [2.24, 2.45) is 0 Å². The number of aryl methyl sites for hydroxylation is 1. The summed E-state index contributed by atoms with van der Waals surface area (Å²) in [5.41, 5.74) is 0. The molecule has 1 heterocycles. The number of unbranched alkanes of at least 4 members (excludes halogenated alkanes) is 3. The molecule has 0 spiro atoms. The van der Waals surface area contributed by atoms with Gasteiger partial charge in [-0.2, -0.15) is 0 Å². The monoisotopic (exact) mass is 227 g/mol. The molecule has 0 aliphatic heterocycles. The molecule has 15 heavy (non-hydrogen) atoms. The molecule has 0 saturated heterocycles. The molecule has 1 rings (SSSR count). The van der Waals surface area contributed by atoms with Crippen molar-refractivity contribution in [3.63, 3.8) is 0 Å². The quantitative estimate of drug-likeness (QED) is 0.575. The van der Waals surface area contributed by atoms with Crippen molar-refractivity contribution in [1.29, 1.82) is 0 Å². The third kappa shape index (κ3) is 5.57. The second kappa shape index (κ2) is 7.46. The average Bonchev–Trinajstić information content (AvgIpc) is 2.23. The maximum absolute atomic E-state index is 5.60. The number of nitrogens with one attached hydrogen (secondary N) is 1. The van der Waals surface area contributed by atoms with E-state index in [4.69, 9.17) is 11.6 Å². The van der Waals surface area contributed by atoms with Crippen LogP contribution in [0.5, 0.6) is 0 Å². The molecule has 0 atom stereocenters. The SMILES string of the molecule is Cc1nccc(NCCCCCCCl)n1. The van der Waals surface area contributed by atoms with Crippen molar-refractivity contribution < 1.29 is 0 Å². The predicted octanol–water partition coefficient (Wildman–Crippen LogP) is 3.00. The molecular weight excluding hydrogens is 210 g/mol. The van der Waals surface area contributed by atoms with E-state index in [1.54, 1.807) is 6.20 Å². The molecule has 0 aliphatic rings. The van der Waals surface area contributed by atoms with Gasteiger partial charge in [0.05, 0.1) is 0 Å². The first-order valence-corrected chi connectivity index (χ1v) is 5.96. The lowest BCUT2D eigenvalue weighted by atomic mass is 10.2. The van der Waals surface area contributed by atoms with Crippen LogP contribution in [0.3, 0.4) is 0 Å². The van der Waals surface area contributed by atoms with Crippen molar-refractivity contribution in [3.8, 4) is 0 Å². The summed E-state index contributed by atoms with van der Waals surface area (Å²) < 4.78 is 0. The molecule has 0 aliphatic carbocycles. The van der Waals surface area contributed by atoms with Crippen LogP contribution in [0, 0.1) is 6.92 Å². The summed E-state index contributed by atoms with van der Waals surface area (Å²) in [6, 6.07) is 1.89. The molecule has 3 nitrogen and oxygen atoms in total. The lowest BCUT2D eigenvalue weighted by Crippen LogP contribution is -2.04. The number of nitrogens with zero attached hydrogens (tertiary/aromatic N) is 2. The van der Waals surface area contributed by atoms with E-state index in [1.807, 2.05) is 13.0 Å². The molecule has 0 aromatic carbocycles. The van der Waals surface area contributed by atoms with E-state index in [9.17, 15) is 0 Å². The van der Waals surface area contributed by atoms with Crippen molar-refractivity contribution >= 4 is 17.4 Å². The lowest BCUT2D eigenvalue weighted by Gasteiger charge is -2.05. The van der Waals surface area contributed by atoms with Gasteiger partial charge in [-0.25, -0.2) is 9.97 Å². The van der Waals surface area contributed by atoms with Gasteiger partial charge in [0.15, 0.2) is 0 Å². The van der Waals surface area contributed by atoms with Crippen LogP contribution in [0.25, 0.3) is 0 Å². The number of anilines is 1. The Labute approximate surface area is 96.3 Å².